The third kappa shape index (κ3) is 5.22. The summed E-state index contributed by atoms with van der Waals surface area (Å²) in [7, 11) is -3.60. The minimum Gasteiger partial charge on any atom is -0.379 e. The lowest BCUT2D eigenvalue weighted by molar-refractivity contribution is 0.0642. The van der Waals surface area contributed by atoms with Crippen LogP contribution in [0.2, 0.25) is 0 Å². The molecule has 2 aliphatic heterocycles. The summed E-state index contributed by atoms with van der Waals surface area (Å²) in [5, 5.41) is 5.53. The molecule has 0 aliphatic carbocycles. The van der Waals surface area contributed by atoms with Crippen molar-refractivity contribution in [1.82, 2.24) is 23.3 Å². The van der Waals surface area contributed by atoms with E-state index in [0.717, 1.165) is 34.3 Å². The van der Waals surface area contributed by atoms with Crippen LogP contribution in [0.4, 0.5) is 4.39 Å². The van der Waals surface area contributed by atoms with Crippen molar-refractivity contribution in [2.45, 2.75) is 19.5 Å². The summed E-state index contributed by atoms with van der Waals surface area (Å²) >= 11 is 0. The lowest BCUT2D eigenvalue weighted by Gasteiger charge is -2.43. The second-order valence-corrected chi connectivity index (χ2v) is 12.1. The standard InChI is InChI=1S/C29H32FN5O3S/c1-22-17-28-24(19-31-35(28)26-9-7-25(30)8-10-26)18-27(22)29-21-34(39(36,37)33-13-15-38-16-14-33)12-11-32(29)20-23-5-3-2-4-6-23/h2-10,17-19,29H,11-16,20-21H2,1H3/t29-/m1/s1. The third-order valence-electron chi connectivity index (χ3n) is 7.69. The van der Waals surface area contributed by atoms with Crippen molar-refractivity contribution in [1.29, 1.82) is 0 Å². The average molecular weight is 550 g/mol. The van der Waals surface area contributed by atoms with Gasteiger partial charge in [0.15, 0.2) is 0 Å². The number of nitrogens with zero attached hydrogens (tertiary/aromatic N) is 5. The van der Waals surface area contributed by atoms with Crippen LogP contribution in [0, 0.1) is 12.7 Å². The molecule has 204 valence electrons. The van der Waals surface area contributed by atoms with Gasteiger partial charge in [-0.3, -0.25) is 4.90 Å². The van der Waals surface area contributed by atoms with Gasteiger partial charge in [0.2, 0.25) is 0 Å². The molecule has 2 saturated heterocycles. The number of aromatic nitrogens is 2. The lowest BCUT2D eigenvalue weighted by Crippen LogP contribution is -2.55. The van der Waals surface area contributed by atoms with Crippen LogP contribution in [0.25, 0.3) is 16.6 Å². The molecule has 3 aromatic carbocycles. The van der Waals surface area contributed by atoms with Crippen LogP contribution in [0.5, 0.6) is 0 Å². The van der Waals surface area contributed by atoms with Gasteiger partial charge in [-0.15, -0.1) is 0 Å². The van der Waals surface area contributed by atoms with E-state index in [1.807, 2.05) is 29.1 Å². The molecule has 0 radical (unpaired) electrons. The van der Waals surface area contributed by atoms with Crippen LogP contribution in [0.3, 0.4) is 0 Å². The molecule has 39 heavy (non-hydrogen) atoms. The van der Waals surface area contributed by atoms with Gasteiger partial charge >= 0.3 is 0 Å². The summed E-state index contributed by atoms with van der Waals surface area (Å²) in [4.78, 5) is 2.37. The molecule has 2 aliphatic rings. The molecular formula is C29H32FN5O3S. The van der Waals surface area contributed by atoms with Gasteiger partial charge in [-0.2, -0.15) is 22.1 Å². The van der Waals surface area contributed by atoms with E-state index in [9.17, 15) is 12.8 Å². The molecule has 0 amide bonds. The molecule has 0 saturated carbocycles. The number of morpholine rings is 1. The van der Waals surface area contributed by atoms with E-state index in [-0.39, 0.29) is 11.9 Å². The molecule has 8 nitrogen and oxygen atoms in total. The van der Waals surface area contributed by atoms with E-state index in [1.165, 1.54) is 17.7 Å². The normalized spacial score (nSPS) is 20.0. The first kappa shape index (κ1) is 26.1. The lowest BCUT2D eigenvalue weighted by atomic mass is 9.96. The van der Waals surface area contributed by atoms with Gasteiger partial charge < -0.3 is 4.74 Å². The van der Waals surface area contributed by atoms with Gasteiger partial charge in [0.1, 0.15) is 5.82 Å². The molecule has 2 fully saturated rings. The Morgan fingerprint density at radius 1 is 0.949 bits per heavy atom. The van der Waals surface area contributed by atoms with E-state index in [4.69, 9.17) is 4.74 Å². The first-order valence-electron chi connectivity index (χ1n) is 13.3. The van der Waals surface area contributed by atoms with Crippen LogP contribution in [0.15, 0.2) is 72.9 Å². The molecule has 10 heteroatoms. The van der Waals surface area contributed by atoms with Crippen molar-refractivity contribution in [3.63, 3.8) is 0 Å². The molecular weight excluding hydrogens is 517 g/mol. The number of fused-ring (bicyclic) bond motifs is 1. The molecule has 6 rings (SSSR count). The Morgan fingerprint density at radius 2 is 1.69 bits per heavy atom. The molecule has 0 unspecified atom stereocenters. The first-order chi connectivity index (χ1) is 18.9. The molecule has 3 heterocycles. The number of hydrogen-bond donors (Lipinski definition) is 0. The smallest absolute Gasteiger partial charge is 0.282 e. The van der Waals surface area contributed by atoms with Gasteiger partial charge in [0.05, 0.1) is 30.6 Å². The Morgan fingerprint density at radius 3 is 2.44 bits per heavy atom. The predicted molar refractivity (Wildman–Crippen MR) is 148 cm³/mol. The molecule has 0 spiro atoms. The van der Waals surface area contributed by atoms with Crippen LogP contribution in [-0.4, -0.2) is 77.6 Å². The quantitative estimate of drug-likeness (QED) is 0.365. The molecule has 0 N–H and O–H groups in total. The number of hydrogen-bond acceptors (Lipinski definition) is 5. The largest absolute Gasteiger partial charge is 0.379 e. The molecule has 1 atom stereocenters. The zero-order valence-corrected chi connectivity index (χ0v) is 22.7. The van der Waals surface area contributed by atoms with Gasteiger partial charge in [0, 0.05) is 50.7 Å². The van der Waals surface area contributed by atoms with Crippen LogP contribution in [0.1, 0.15) is 22.7 Å². The zero-order valence-electron chi connectivity index (χ0n) is 21.9. The fourth-order valence-electron chi connectivity index (χ4n) is 5.59. The number of piperazine rings is 1. The fraction of sp³-hybridized carbons (Fsp3) is 0.345. The van der Waals surface area contributed by atoms with Crippen molar-refractivity contribution in [3.05, 3.63) is 95.4 Å². The SMILES string of the molecule is Cc1cc2c(cnn2-c2ccc(F)cc2)cc1[C@H]1CN(S(=O)(=O)N2CCOCC2)CCN1Cc1ccccc1. The molecule has 1 aromatic heterocycles. The van der Waals surface area contributed by atoms with Crippen molar-refractivity contribution in [3.8, 4) is 5.69 Å². The maximum Gasteiger partial charge on any atom is 0.282 e. The van der Waals surface area contributed by atoms with E-state index in [2.05, 4.69) is 41.2 Å². The van der Waals surface area contributed by atoms with Crippen molar-refractivity contribution in [2.24, 2.45) is 0 Å². The van der Waals surface area contributed by atoms with E-state index in [0.29, 0.717) is 45.9 Å². The zero-order chi connectivity index (χ0) is 27.0. The first-order valence-corrected chi connectivity index (χ1v) is 14.6. The van der Waals surface area contributed by atoms with Crippen molar-refractivity contribution >= 4 is 21.1 Å². The fourth-order valence-corrected chi connectivity index (χ4v) is 7.17. The van der Waals surface area contributed by atoms with Gasteiger partial charge in [0.25, 0.3) is 10.2 Å². The molecule has 0 bridgehead atoms. The number of ether oxygens (including phenoxy) is 1. The second-order valence-electron chi connectivity index (χ2n) is 10.1. The third-order valence-corrected chi connectivity index (χ3v) is 9.69. The summed E-state index contributed by atoms with van der Waals surface area (Å²) in [5.74, 6) is -0.291. The Kier molecular flexibility index (Phi) is 7.22. The summed E-state index contributed by atoms with van der Waals surface area (Å²) < 4.78 is 51.1. The number of rotatable bonds is 6. The highest BCUT2D eigenvalue weighted by molar-refractivity contribution is 7.86. The Hall–Kier alpha value is -3.15. The monoisotopic (exact) mass is 549 g/mol. The Labute approximate surface area is 228 Å². The topological polar surface area (TPSA) is 70.9 Å². The van der Waals surface area contributed by atoms with E-state index in [1.54, 1.807) is 20.7 Å². The highest BCUT2D eigenvalue weighted by Gasteiger charge is 2.38. The summed E-state index contributed by atoms with van der Waals surface area (Å²) in [6, 6.07) is 20.7. The number of benzene rings is 3. The highest BCUT2D eigenvalue weighted by atomic mass is 32.2. The Balaban J connectivity index is 1.36. The van der Waals surface area contributed by atoms with Crippen LogP contribution in [-0.2, 0) is 21.5 Å². The van der Waals surface area contributed by atoms with Crippen molar-refractivity contribution in [2.75, 3.05) is 45.9 Å². The minimum atomic E-state index is -3.60. The van der Waals surface area contributed by atoms with Crippen molar-refractivity contribution < 1.29 is 17.5 Å². The van der Waals surface area contributed by atoms with Crippen LogP contribution >= 0.6 is 0 Å². The van der Waals surface area contributed by atoms with E-state index >= 15 is 0 Å². The number of halogens is 1. The highest BCUT2D eigenvalue weighted by Crippen LogP contribution is 2.34. The van der Waals surface area contributed by atoms with Crippen LogP contribution < -0.4 is 0 Å². The maximum atomic E-state index is 13.6. The summed E-state index contributed by atoms with van der Waals surface area (Å²) in [6.07, 6.45) is 1.81. The average Bonchev–Trinajstić information content (AvgIpc) is 3.37. The summed E-state index contributed by atoms with van der Waals surface area (Å²) in [5.41, 5.74) is 5.03. The van der Waals surface area contributed by atoms with Gasteiger partial charge in [-0.05, 0) is 60.0 Å². The van der Waals surface area contributed by atoms with E-state index < -0.39 is 10.2 Å². The summed E-state index contributed by atoms with van der Waals surface area (Å²) in [6.45, 7) is 5.81. The molecule has 4 aromatic rings. The number of aryl methyl sites for hydroxylation is 1. The predicted octanol–water partition coefficient (Wildman–Crippen LogP) is 3.91. The Bertz CT molecular complexity index is 1550. The minimum absolute atomic E-state index is 0.131. The van der Waals surface area contributed by atoms with Gasteiger partial charge in [-0.25, -0.2) is 9.07 Å². The maximum absolute atomic E-state index is 13.6. The second kappa shape index (κ2) is 10.8. The van der Waals surface area contributed by atoms with Gasteiger partial charge in [-0.1, -0.05) is 30.3 Å².